The molecule has 2 N–H and O–H groups in total. The molecule has 3 rings (SSSR count). The first-order chi connectivity index (χ1) is 12.9. The second kappa shape index (κ2) is 8.27. The third-order valence-electron chi connectivity index (χ3n) is 5.33. The van der Waals surface area contributed by atoms with E-state index in [9.17, 15) is 9.59 Å². The number of likely N-dealkylation sites (tertiary alicyclic amines) is 1. The van der Waals surface area contributed by atoms with Crippen molar-refractivity contribution < 1.29 is 19.2 Å². The van der Waals surface area contributed by atoms with Crippen LogP contribution in [0.2, 0.25) is 0 Å². The molecule has 0 aliphatic carbocycles. The molecule has 1 amide bonds. The van der Waals surface area contributed by atoms with Crippen LogP contribution in [0, 0.1) is 13.8 Å². The van der Waals surface area contributed by atoms with Crippen molar-refractivity contribution in [2.45, 2.75) is 39.7 Å². The van der Waals surface area contributed by atoms with Crippen LogP contribution in [0.5, 0.6) is 0 Å². The van der Waals surface area contributed by atoms with Crippen molar-refractivity contribution in [2.24, 2.45) is 7.05 Å². The predicted octanol–water partition coefficient (Wildman–Crippen LogP) is 2.24. The van der Waals surface area contributed by atoms with Gasteiger partial charge < -0.3 is 19.5 Å². The van der Waals surface area contributed by atoms with Gasteiger partial charge in [-0.05, 0) is 38.5 Å². The number of esters is 1. The maximum Gasteiger partial charge on any atom is 0.341 e. The number of rotatable bonds is 6. The summed E-state index contributed by atoms with van der Waals surface area (Å²) in [6.45, 7) is 7.33. The maximum absolute atomic E-state index is 12.7. The number of aryl methyl sites for hydroxylation is 2. The quantitative estimate of drug-likeness (QED) is 0.744. The molecule has 1 unspecified atom stereocenters. The molecule has 7 heteroatoms. The maximum atomic E-state index is 12.7. The number of thiophene rings is 1. The van der Waals surface area contributed by atoms with E-state index in [4.69, 9.17) is 4.74 Å². The largest absolute Gasteiger partial charge is 0.462 e. The van der Waals surface area contributed by atoms with E-state index in [1.807, 2.05) is 33.2 Å². The lowest BCUT2D eigenvalue weighted by atomic mass is 10.1. The van der Waals surface area contributed by atoms with Gasteiger partial charge in [-0.1, -0.05) is 0 Å². The highest BCUT2D eigenvalue weighted by atomic mass is 32.1. The van der Waals surface area contributed by atoms with E-state index in [1.54, 1.807) is 6.92 Å². The smallest absolute Gasteiger partial charge is 0.341 e. The number of carbonyl (C=O) groups excluding carboxylic acids is 2. The minimum atomic E-state index is -0.371. The molecule has 1 aliphatic heterocycles. The first kappa shape index (κ1) is 19.6. The van der Waals surface area contributed by atoms with E-state index >= 15 is 0 Å². The SMILES string of the molecule is CCOC(=O)c1c(NC(=O)C[NH+]2CCC[C@H]2c2cccn2C)sc(C)c1C. The summed E-state index contributed by atoms with van der Waals surface area (Å²) < 4.78 is 7.30. The average Bonchev–Trinajstić information content (AvgIpc) is 3.29. The number of carbonyl (C=O) groups is 2. The minimum Gasteiger partial charge on any atom is -0.462 e. The molecule has 2 aromatic heterocycles. The Morgan fingerprint density at radius 1 is 1.41 bits per heavy atom. The van der Waals surface area contributed by atoms with Gasteiger partial charge in [0.15, 0.2) is 6.54 Å². The zero-order chi connectivity index (χ0) is 19.6. The normalized spacial score (nSPS) is 19.3. The number of nitrogens with zero attached hydrogens (tertiary/aromatic N) is 1. The molecule has 0 saturated carbocycles. The van der Waals surface area contributed by atoms with Crippen molar-refractivity contribution in [3.63, 3.8) is 0 Å². The van der Waals surface area contributed by atoms with E-state index in [-0.39, 0.29) is 11.9 Å². The van der Waals surface area contributed by atoms with Gasteiger partial charge in [0.05, 0.1) is 24.4 Å². The lowest BCUT2D eigenvalue weighted by Crippen LogP contribution is -3.11. The number of anilines is 1. The Morgan fingerprint density at radius 3 is 2.85 bits per heavy atom. The number of amides is 1. The van der Waals surface area contributed by atoms with Crippen molar-refractivity contribution in [3.8, 4) is 0 Å². The first-order valence-electron chi connectivity index (χ1n) is 9.45. The molecule has 0 aromatic carbocycles. The summed E-state index contributed by atoms with van der Waals surface area (Å²) in [5, 5.41) is 3.57. The summed E-state index contributed by atoms with van der Waals surface area (Å²) in [7, 11) is 2.05. The van der Waals surface area contributed by atoms with Gasteiger partial charge >= 0.3 is 5.97 Å². The Kier molecular flexibility index (Phi) is 6.01. The summed E-state index contributed by atoms with van der Waals surface area (Å²) in [5.41, 5.74) is 2.64. The standard InChI is InChI=1S/C20H27N3O3S/c1-5-26-20(25)18-13(2)14(3)27-19(18)21-17(24)12-23-11-7-9-16(23)15-8-6-10-22(15)4/h6,8,10,16H,5,7,9,11-12H2,1-4H3,(H,21,24)/p+1/t16-/m0/s1. The van der Waals surface area contributed by atoms with Crippen molar-refractivity contribution >= 4 is 28.2 Å². The molecule has 0 spiro atoms. The van der Waals surface area contributed by atoms with Gasteiger partial charge in [-0.25, -0.2) is 4.79 Å². The predicted molar refractivity (Wildman–Crippen MR) is 106 cm³/mol. The fourth-order valence-electron chi connectivity index (χ4n) is 3.86. The number of hydrogen-bond donors (Lipinski definition) is 2. The molecule has 27 heavy (non-hydrogen) atoms. The molecule has 1 fully saturated rings. The molecule has 2 aromatic rings. The van der Waals surface area contributed by atoms with Gasteiger partial charge in [0.25, 0.3) is 5.91 Å². The number of aromatic nitrogens is 1. The Balaban J connectivity index is 1.72. The Morgan fingerprint density at radius 2 is 2.19 bits per heavy atom. The zero-order valence-electron chi connectivity index (χ0n) is 16.4. The Bertz CT molecular complexity index is 840. The molecule has 1 saturated heterocycles. The van der Waals surface area contributed by atoms with Crippen molar-refractivity contribution in [2.75, 3.05) is 25.0 Å². The van der Waals surface area contributed by atoms with Crippen LogP contribution in [-0.4, -0.2) is 36.1 Å². The number of nitrogens with one attached hydrogen (secondary N) is 2. The molecule has 0 radical (unpaired) electrons. The Hall–Kier alpha value is -2.12. The molecule has 1 aliphatic rings. The third-order valence-corrected chi connectivity index (χ3v) is 6.45. The molecule has 6 nitrogen and oxygen atoms in total. The zero-order valence-corrected chi connectivity index (χ0v) is 17.2. The topological polar surface area (TPSA) is 64.8 Å². The summed E-state index contributed by atoms with van der Waals surface area (Å²) in [5.74, 6) is -0.428. The lowest BCUT2D eigenvalue weighted by molar-refractivity contribution is -0.910. The number of quaternary nitrogens is 1. The molecular formula is C20H28N3O3S+. The highest BCUT2D eigenvalue weighted by Gasteiger charge is 2.33. The number of ether oxygens (including phenoxy) is 1. The van der Waals surface area contributed by atoms with Crippen LogP contribution in [0.25, 0.3) is 0 Å². The summed E-state index contributed by atoms with van der Waals surface area (Å²) in [4.78, 5) is 27.3. The summed E-state index contributed by atoms with van der Waals surface area (Å²) in [6, 6.07) is 4.53. The van der Waals surface area contributed by atoms with Gasteiger partial charge in [0, 0.05) is 31.0 Å². The van der Waals surface area contributed by atoms with Gasteiger partial charge in [-0.15, -0.1) is 11.3 Å². The van der Waals surface area contributed by atoms with Crippen LogP contribution >= 0.6 is 11.3 Å². The monoisotopic (exact) mass is 390 g/mol. The minimum absolute atomic E-state index is 0.0575. The van der Waals surface area contributed by atoms with Gasteiger partial charge in [-0.3, -0.25) is 4.79 Å². The van der Waals surface area contributed by atoms with Crippen molar-refractivity contribution in [1.29, 1.82) is 0 Å². The molecular weight excluding hydrogens is 362 g/mol. The molecule has 0 bridgehead atoms. The van der Waals surface area contributed by atoms with Crippen LogP contribution < -0.4 is 10.2 Å². The second-order valence-electron chi connectivity index (χ2n) is 7.08. The molecule has 146 valence electrons. The van der Waals surface area contributed by atoms with E-state index < -0.39 is 0 Å². The van der Waals surface area contributed by atoms with Crippen molar-refractivity contribution in [1.82, 2.24) is 4.57 Å². The lowest BCUT2D eigenvalue weighted by Gasteiger charge is -2.21. The van der Waals surface area contributed by atoms with Crippen LogP contribution in [-0.2, 0) is 16.6 Å². The fraction of sp³-hybridized carbons (Fsp3) is 0.500. The van der Waals surface area contributed by atoms with Crippen molar-refractivity contribution in [3.05, 3.63) is 40.0 Å². The Labute approximate surface area is 164 Å². The van der Waals surface area contributed by atoms with E-state index in [0.717, 1.165) is 29.8 Å². The highest BCUT2D eigenvalue weighted by Crippen LogP contribution is 2.33. The van der Waals surface area contributed by atoms with Crippen LogP contribution in [0.15, 0.2) is 18.3 Å². The molecule has 3 heterocycles. The van der Waals surface area contributed by atoms with E-state index in [2.05, 4.69) is 16.0 Å². The highest BCUT2D eigenvalue weighted by molar-refractivity contribution is 7.16. The fourth-order valence-corrected chi connectivity index (χ4v) is 4.92. The first-order valence-corrected chi connectivity index (χ1v) is 10.3. The second-order valence-corrected chi connectivity index (χ2v) is 8.30. The van der Waals surface area contributed by atoms with Crippen LogP contribution in [0.1, 0.15) is 52.3 Å². The average molecular weight is 391 g/mol. The van der Waals surface area contributed by atoms with Gasteiger partial charge in [0.1, 0.15) is 11.0 Å². The van der Waals surface area contributed by atoms with E-state index in [1.165, 1.54) is 21.9 Å². The summed E-state index contributed by atoms with van der Waals surface area (Å²) >= 11 is 1.44. The van der Waals surface area contributed by atoms with E-state index in [0.29, 0.717) is 29.8 Å². The number of hydrogen-bond acceptors (Lipinski definition) is 4. The van der Waals surface area contributed by atoms with Crippen LogP contribution in [0.4, 0.5) is 5.00 Å². The third kappa shape index (κ3) is 4.09. The summed E-state index contributed by atoms with van der Waals surface area (Å²) in [6.07, 6.45) is 4.25. The van der Waals surface area contributed by atoms with Gasteiger partial charge in [0.2, 0.25) is 0 Å². The van der Waals surface area contributed by atoms with Gasteiger partial charge in [-0.2, -0.15) is 0 Å². The van der Waals surface area contributed by atoms with Crippen LogP contribution in [0.3, 0.4) is 0 Å². The molecule has 2 atom stereocenters.